The van der Waals surface area contributed by atoms with Crippen LogP contribution in [0.1, 0.15) is 12.6 Å². The SMILES string of the molecule is CCc1ncccc1-c1cn[nH]n1. The summed E-state index contributed by atoms with van der Waals surface area (Å²) < 4.78 is 0. The average molecular weight is 174 g/mol. The lowest BCUT2D eigenvalue weighted by Crippen LogP contribution is -1.91. The minimum Gasteiger partial charge on any atom is -0.261 e. The van der Waals surface area contributed by atoms with Crippen molar-refractivity contribution in [1.82, 2.24) is 20.4 Å². The van der Waals surface area contributed by atoms with Gasteiger partial charge >= 0.3 is 0 Å². The molecule has 2 aromatic rings. The standard InChI is InChI=1S/C9H10N4/c1-2-8-7(4-3-5-10-8)9-6-11-13-12-9/h3-6H,2H2,1H3,(H,11,12,13). The summed E-state index contributed by atoms with van der Waals surface area (Å²) in [5.41, 5.74) is 2.96. The quantitative estimate of drug-likeness (QED) is 0.749. The first kappa shape index (κ1) is 7.91. The second-order valence-corrected chi connectivity index (χ2v) is 2.71. The van der Waals surface area contributed by atoms with E-state index in [9.17, 15) is 0 Å². The van der Waals surface area contributed by atoms with Gasteiger partial charge in [0.1, 0.15) is 5.69 Å². The number of hydrogen-bond donors (Lipinski definition) is 1. The van der Waals surface area contributed by atoms with Gasteiger partial charge in [0.2, 0.25) is 0 Å². The van der Waals surface area contributed by atoms with E-state index in [2.05, 4.69) is 27.3 Å². The van der Waals surface area contributed by atoms with Crippen LogP contribution < -0.4 is 0 Å². The Balaban J connectivity index is 2.51. The summed E-state index contributed by atoms with van der Waals surface area (Å²) in [5.74, 6) is 0. The Morgan fingerprint density at radius 2 is 2.38 bits per heavy atom. The van der Waals surface area contributed by atoms with E-state index in [0.29, 0.717) is 0 Å². The molecule has 0 saturated heterocycles. The number of rotatable bonds is 2. The van der Waals surface area contributed by atoms with E-state index in [1.54, 1.807) is 12.4 Å². The smallest absolute Gasteiger partial charge is 0.114 e. The summed E-state index contributed by atoms with van der Waals surface area (Å²) in [6.07, 6.45) is 4.40. The fourth-order valence-corrected chi connectivity index (χ4v) is 1.28. The zero-order valence-electron chi connectivity index (χ0n) is 7.36. The van der Waals surface area contributed by atoms with Crippen molar-refractivity contribution in [3.05, 3.63) is 30.2 Å². The molecule has 2 rings (SSSR count). The lowest BCUT2D eigenvalue weighted by molar-refractivity contribution is 0.939. The van der Waals surface area contributed by atoms with E-state index in [0.717, 1.165) is 23.4 Å². The molecule has 0 aliphatic rings. The maximum Gasteiger partial charge on any atom is 0.114 e. The van der Waals surface area contributed by atoms with Crippen molar-refractivity contribution >= 4 is 0 Å². The van der Waals surface area contributed by atoms with E-state index in [1.165, 1.54) is 0 Å². The van der Waals surface area contributed by atoms with Crippen LogP contribution in [-0.4, -0.2) is 20.4 Å². The molecule has 0 fully saturated rings. The van der Waals surface area contributed by atoms with Crippen molar-refractivity contribution in [3.63, 3.8) is 0 Å². The molecule has 66 valence electrons. The number of pyridine rings is 1. The highest BCUT2D eigenvalue weighted by Crippen LogP contribution is 2.18. The third-order valence-corrected chi connectivity index (χ3v) is 1.92. The van der Waals surface area contributed by atoms with Gasteiger partial charge in [-0.3, -0.25) is 4.98 Å². The zero-order valence-corrected chi connectivity index (χ0v) is 7.36. The first-order chi connectivity index (χ1) is 6.42. The highest BCUT2D eigenvalue weighted by atomic mass is 15.3. The molecule has 0 aromatic carbocycles. The van der Waals surface area contributed by atoms with Gasteiger partial charge < -0.3 is 0 Å². The van der Waals surface area contributed by atoms with Crippen LogP contribution in [0.3, 0.4) is 0 Å². The van der Waals surface area contributed by atoms with Crippen molar-refractivity contribution in [2.45, 2.75) is 13.3 Å². The third kappa shape index (κ3) is 1.42. The van der Waals surface area contributed by atoms with Gasteiger partial charge in [0, 0.05) is 17.5 Å². The van der Waals surface area contributed by atoms with Crippen molar-refractivity contribution < 1.29 is 0 Å². The van der Waals surface area contributed by atoms with Crippen LogP contribution in [0, 0.1) is 0 Å². The van der Waals surface area contributed by atoms with E-state index in [4.69, 9.17) is 0 Å². The fourth-order valence-electron chi connectivity index (χ4n) is 1.28. The van der Waals surface area contributed by atoms with Crippen molar-refractivity contribution in [3.8, 4) is 11.3 Å². The molecule has 0 aliphatic carbocycles. The van der Waals surface area contributed by atoms with Gasteiger partial charge in [-0.15, -0.1) is 0 Å². The number of hydrogen-bond acceptors (Lipinski definition) is 3. The fraction of sp³-hybridized carbons (Fsp3) is 0.222. The lowest BCUT2D eigenvalue weighted by atomic mass is 10.1. The zero-order chi connectivity index (χ0) is 9.10. The molecular formula is C9H10N4. The summed E-state index contributed by atoms with van der Waals surface area (Å²) in [6.45, 7) is 2.08. The molecule has 4 heteroatoms. The molecule has 0 saturated carbocycles. The van der Waals surface area contributed by atoms with Gasteiger partial charge in [0.15, 0.2) is 0 Å². The summed E-state index contributed by atoms with van der Waals surface area (Å²) in [6, 6.07) is 3.91. The van der Waals surface area contributed by atoms with E-state index in [-0.39, 0.29) is 0 Å². The second kappa shape index (κ2) is 3.35. The van der Waals surface area contributed by atoms with Crippen molar-refractivity contribution in [2.24, 2.45) is 0 Å². The predicted octanol–water partition coefficient (Wildman–Crippen LogP) is 1.43. The molecule has 0 aliphatic heterocycles. The number of aromatic nitrogens is 4. The molecule has 0 unspecified atom stereocenters. The highest BCUT2D eigenvalue weighted by molar-refractivity contribution is 5.60. The molecule has 13 heavy (non-hydrogen) atoms. The van der Waals surface area contributed by atoms with E-state index >= 15 is 0 Å². The Kier molecular flexibility index (Phi) is 2.04. The maximum absolute atomic E-state index is 4.27. The summed E-state index contributed by atoms with van der Waals surface area (Å²) in [7, 11) is 0. The molecule has 0 atom stereocenters. The van der Waals surface area contributed by atoms with E-state index < -0.39 is 0 Å². The first-order valence-electron chi connectivity index (χ1n) is 4.22. The monoisotopic (exact) mass is 174 g/mol. The van der Waals surface area contributed by atoms with Crippen molar-refractivity contribution in [1.29, 1.82) is 0 Å². The van der Waals surface area contributed by atoms with Crippen LogP contribution in [0.2, 0.25) is 0 Å². The topological polar surface area (TPSA) is 54.5 Å². The molecule has 0 bridgehead atoms. The number of nitrogens with zero attached hydrogens (tertiary/aromatic N) is 3. The van der Waals surface area contributed by atoms with Crippen LogP contribution >= 0.6 is 0 Å². The Hall–Kier alpha value is -1.71. The lowest BCUT2D eigenvalue weighted by Gasteiger charge is -2.01. The molecule has 2 aromatic heterocycles. The molecule has 2 heterocycles. The van der Waals surface area contributed by atoms with E-state index in [1.807, 2.05) is 12.1 Å². The number of aryl methyl sites for hydroxylation is 1. The molecule has 0 amide bonds. The Morgan fingerprint density at radius 1 is 1.46 bits per heavy atom. The Labute approximate surface area is 76.0 Å². The second-order valence-electron chi connectivity index (χ2n) is 2.71. The van der Waals surface area contributed by atoms with Crippen LogP contribution in [0.5, 0.6) is 0 Å². The predicted molar refractivity (Wildman–Crippen MR) is 49.0 cm³/mol. The van der Waals surface area contributed by atoms with Crippen LogP contribution in [0.4, 0.5) is 0 Å². The Bertz CT molecular complexity index is 380. The largest absolute Gasteiger partial charge is 0.261 e. The highest BCUT2D eigenvalue weighted by Gasteiger charge is 2.05. The molecule has 1 N–H and O–H groups in total. The summed E-state index contributed by atoms with van der Waals surface area (Å²) >= 11 is 0. The number of H-pyrrole nitrogens is 1. The van der Waals surface area contributed by atoms with Gasteiger partial charge in [-0.05, 0) is 18.6 Å². The first-order valence-corrected chi connectivity index (χ1v) is 4.22. The van der Waals surface area contributed by atoms with Gasteiger partial charge in [-0.1, -0.05) is 6.92 Å². The van der Waals surface area contributed by atoms with Crippen LogP contribution in [0.25, 0.3) is 11.3 Å². The molecular weight excluding hydrogens is 164 g/mol. The maximum atomic E-state index is 4.27. The molecule has 0 radical (unpaired) electrons. The van der Waals surface area contributed by atoms with Crippen LogP contribution in [0.15, 0.2) is 24.5 Å². The van der Waals surface area contributed by atoms with Gasteiger partial charge in [-0.2, -0.15) is 15.4 Å². The van der Waals surface area contributed by atoms with Crippen molar-refractivity contribution in [2.75, 3.05) is 0 Å². The summed E-state index contributed by atoms with van der Waals surface area (Å²) in [4.78, 5) is 4.27. The normalized spacial score (nSPS) is 10.2. The minimum absolute atomic E-state index is 0.852. The molecule has 4 nitrogen and oxygen atoms in total. The van der Waals surface area contributed by atoms with Gasteiger partial charge in [0.05, 0.1) is 6.20 Å². The van der Waals surface area contributed by atoms with Gasteiger partial charge in [0.25, 0.3) is 0 Å². The third-order valence-electron chi connectivity index (χ3n) is 1.92. The van der Waals surface area contributed by atoms with Crippen LogP contribution in [-0.2, 0) is 6.42 Å². The minimum atomic E-state index is 0.852. The number of aromatic amines is 1. The summed E-state index contributed by atoms with van der Waals surface area (Å²) in [5, 5.41) is 10.4. The molecule has 0 spiro atoms. The Morgan fingerprint density at radius 3 is 3.08 bits per heavy atom. The average Bonchev–Trinajstić information content (AvgIpc) is 2.70. The number of nitrogens with one attached hydrogen (secondary N) is 1. The van der Waals surface area contributed by atoms with Gasteiger partial charge in [-0.25, -0.2) is 0 Å².